The molecule has 3 aliphatic heterocycles. The Morgan fingerprint density at radius 3 is 2.29 bits per heavy atom. The molecule has 5 heterocycles. The van der Waals surface area contributed by atoms with Crippen LogP contribution in [0.2, 0.25) is 0 Å². The molecule has 10 nitrogen and oxygen atoms in total. The number of carbonyl (C=O) groups is 1. The first-order valence-electron chi connectivity index (χ1n) is 12.3. The molecule has 3 aromatic rings. The number of nitrogens with two attached hydrogens (primary N) is 2. The molecule has 4 aliphatic rings. The zero-order chi connectivity index (χ0) is 27.2. The molecule has 2 amide bonds. The van der Waals surface area contributed by atoms with Gasteiger partial charge in [0, 0.05) is 41.2 Å². The number of nitrogens with one attached hydrogen (secondary N) is 1. The molecule has 0 spiro atoms. The predicted molar refractivity (Wildman–Crippen MR) is 144 cm³/mol. The standard InChI is InChI=1S/C18H16FN5O2S.C8H14N2O/c1-27(25,26)16-10-22-18-14(9-23-24(18)17(16)20)12-4-7-15(21-8-12)11-2-5-13(19)6-3-11;1-5-2-6-4-7(3-5)10(6)8(9)11/h2-9,22H,10,20H2,1H3;5-7H,2-4H2,1H3,(H2,9,11)/t;5?,6-,7+. The van der Waals surface area contributed by atoms with Crippen molar-refractivity contribution in [3.8, 4) is 22.4 Å². The van der Waals surface area contributed by atoms with Crippen LogP contribution in [0.25, 0.3) is 28.2 Å². The van der Waals surface area contributed by atoms with Gasteiger partial charge in [-0.25, -0.2) is 22.3 Å². The highest BCUT2D eigenvalue weighted by Gasteiger charge is 2.45. The van der Waals surface area contributed by atoms with Gasteiger partial charge in [0.25, 0.3) is 0 Å². The first kappa shape index (κ1) is 25.7. The number of hydrogen-bond donors (Lipinski definition) is 3. The first-order chi connectivity index (χ1) is 18.0. The zero-order valence-electron chi connectivity index (χ0n) is 21.1. The number of halogens is 1. The second-order valence-corrected chi connectivity index (χ2v) is 12.1. The number of hydrogen-bond acceptors (Lipinski definition) is 7. The minimum absolute atomic E-state index is 0.0911. The number of aromatic nitrogens is 3. The van der Waals surface area contributed by atoms with Crippen molar-refractivity contribution in [2.24, 2.45) is 17.4 Å². The van der Waals surface area contributed by atoms with Crippen molar-refractivity contribution in [2.45, 2.75) is 38.3 Å². The fourth-order valence-corrected chi connectivity index (χ4v) is 6.26. The predicted octanol–water partition coefficient (Wildman–Crippen LogP) is 3.24. The Balaban J connectivity index is 0.000000222. The van der Waals surface area contributed by atoms with E-state index in [-0.39, 0.29) is 29.1 Å². The summed E-state index contributed by atoms with van der Waals surface area (Å²) in [5, 5.41) is 7.27. The van der Waals surface area contributed by atoms with Gasteiger partial charge < -0.3 is 21.7 Å². The Bertz CT molecular complexity index is 1490. The van der Waals surface area contributed by atoms with Gasteiger partial charge in [-0.1, -0.05) is 13.0 Å². The van der Waals surface area contributed by atoms with Gasteiger partial charge in [0.05, 0.1) is 18.4 Å². The monoisotopic (exact) mass is 539 g/mol. The fourth-order valence-electron chi connectivity index (χ4n) is 5.46. The molecule has 3 atom stereocenters. The second-order valence-electron chi connectivity index (χ2n) is 10.1. The number of fused-ring (bicyclic) bond motifs is 3. The number of anilines is 1. The Kier molecular flexibility index (Phi) is 6.59. The summed E-state index contributed by atoms with van der Waals surface area (Å²) >= 11 is 0. The van der Waals surface area contributed by atoms with Crippen LogP contribution < -0.4 is 16.8 Å². The van der Waals surface area contributed by atoms with Gasteiger partial charge in [0.1, 0.15) is 22.4 Å². The number of sulfone groups is 1. The van der Waals surface area contributed by atoms with Crippen molar-refractivity contribution >= 4 is 27.5 Å². The van der Waals surface area contributed by atoms with Crippen LogP contribution in [0.5, 0.6) is 0 Å². The van der Waals surface area contributed by atoms with Crippen molar-refractivity contribution in [3.05, 3.63) is 59.5 Å². The van der Waals surface area contributed by atoms with Gasteiger partial charge in [0.2, 0.25) is 0 Å². The van der Waals surface area contributed by atoms with E-state index in [0.29, 0.717) is 23.6 Å². The molecule has 0 radical (unpaired) electrons. The molecule has 38 heavy (non-hydrogen) atoms. The number of piperidine rings is 1. The van der Waals surface area contributed by atoms with E-state index in [1.165, 1.54) is 23.2 Å². The summed E-state index contributed by atoms with van der Waals surface area (Å²) in [6, 6.07) is 10.5. The third kappa shape index (κ3) is 4.83. The molecule has 5 N–H and O–H groups in total. The smallest absolute Gasteiger partial charge is 0.315 e. The average Bonchev–Trinajstić information content (AvgIpc) is 3.29. The van der Waals surface area contributed by atoms with Crippen molar-refractivity contribution in [1.82, 2.24) is 19.7 Å². The van der Waals surface area contributed by atoms with Gasteiger partial charge in [-0.2, -0.15) is 5.10 Å². The number of rotatable bonds is 3. The molecule has 2 aromatic heterocycles. The number of nitrogens with zero attached hydrogens (tertiary/aromatic N) is 4. The van der Waals surface area contributed by atoms with Crippen LogP contribution in [0.4, 0.5) is 15.0 Å². The van der Waals surface area contributed by atoms with E-state index in [4.69, 9.17) is 11.5 Å². The summed E-state index contributed by atoms with van der Waals surface area (Å²) in [6.45, 7) is 2.35. The molecule has 1 saturated carbocycles. The minimum Gasteiger partial charge on any atom is -0.383 e. The molecular weight excluding hydrogens is 509 g/mol. The van der Waals surface area contributed by atoms with Crippen molar-refractivity contribution in [3.63, 3.8) is 0 Å². The maximum absolute atomic E-state index is 13.1. The highest BCUT2D eigenvalue weighted by atomic mass is 32.2. The van der Waals surface area contributed by atoms with Crippen LogP contribution in [0.3, 0.4) is 0 Å². The van der Waals surface area contributed by atoms with Gasteiger partial charge >= 0.3 is 6.03 Å². The van der Waals surface area contributed by atoms with E-state index in [2.05, 4.69) is 22.3 Å². The molecule has 7 rings (SSSR count). The van der Waals surface area contributed by atoms with Crippen molar-refractivity contribution in [2.75, 3.05) is 18.1 Å². The lowest BCUT2D eigenvalue weighted by Crippen LogP contribution is -2.64. The summed E-state index contributed by atoms with van der Waals surface area (Å²) in [6.07, 6.45) is 7.90. The number of carbonyl (C=O) groups excluding carboxylic acids is 1. The molecular formula is C26H30FN7O3S. The summed E-state index contributed by atoms with van der Waals surface area (Å²) < 4.78 is 38.1. The van der Waals surface area contributed by atoms with Crippen molar-refractivity contribution < 1.29 is 17.6 Å². The molecule has 12 heteroatoms. The third-order valence-electron chi connectivity index (χ3n) is 7.30. The Labute approximate surface area is 220 Å². The van der Waals surface area contributed by atoms with E-state index >= 15 is 0 Å². The summed E-state index contributed by atoms with van der Waals surface area (Å²) in [5.74, 6) is 1.19. The number of pyridine rings is 1. The minimum atomic E-state index is -3.42. The van der Waals surface area contributed by atoms with Crippen LogP contribution in [0.15, 0.2) is 53.7 Å². The fraction of sp³-hybridized carbons (Fsp3) is 0.346. The largest absolute Gasteiger partial charge is 0.383 e. The topological polar surface area (TPSA) is 149 Å². The summed E-state index contributed by atoms with van der Waals surface area (Å²) in [7, 11) is -3.42. The summed E-state index contributed by atoms with van der Waals surface area (Å²) in [4.78, 5) is 17.2. The van der Waals surface area contributed by atoms with E-state index in [0.717, 1.165) is 41.7 Å². The van der Waals surface area contributed by atoms with Crippen LogP contribution in [-0.4, -0.2) is 59.0 Å². The average molecular weight is 540 g/mol. The number of urea groups is 1. The van der Waals surface area contributed by atoms with Crippen molar-refractivity contribution in [1.29, 1.82) is 0 Å². The highest BCUT2D eigenvalue weighted by molar-refractivity contribution is 7.94. The molecule has 1 aromatic carbocycles. The van der Waals surface area contributed by atoms with Crippen LogP contribution in [0, 0.1) is 11.7 Å². The molecule has 2 saturated heterocycles. The van der Waals surface area contributed by atoms with Gasteiger partial charge in [0.15, 0.2) is 9.84 Å². The Morgan fingerprint density at radius 2 is 1.71 bits per heavy atom. The van der Waals surface area contributed by atoms with Crippen LogP contribution >= 0.6 is 0 Å². The maximum Gasteiger partial charge on any atom is 0.315 e. The van der Waals surface area contributed by atoms with Crippen LogP contribution in [-0.2, 0) is 9.84 Å². The number of amides is 2. The number of primary amides is 1. The normalized spacial score (nSPS) is 22.0. The van der Waals surface area contributed by atoms with E-state index in [9.17, 15) is 17.6 Å². The van der Waals surface area contributed by atoms with E-state index < -0.39 is 9.84 Å². The van der Waals surface area contributed by atoms with E-state index in [1.807, 2.05) is 17.0 Å². The lowest BCUT2D eigenvalue weighted by Gasteiger charge is -2.54. The quantitative estimate of drug-likeness (QED) is 0.462. The zero-order valence-corrected chi connectivity index (χ0v) is 22.0. The second kappa shape index (κ2) is 9.75. The van der Waals surface area contributed by atoms with Gasteiger partial charge in [-0.3, -0.25) is 4.98 Å². The maximum atomic E-state index is 13.1. The molecule has 200 valence electrons. The number of benzene rings is 1. The summed E-state index contributed by atoms with van der Waals surface area (Å²) in [5.41, 5.74) is 14.3. The van der Waals surface area contributed by atoms with Gasteiger partial charge in [-0.05, 0) is 55.5 Å². The van der Waals surface area contributed by atoms with E-state index in [1.54, 1.807) is 24.5 Å². The SMILES string of the molecule is CC1C[C@@H]2C[C@H](C1)N2C(N)=O.CS(=O)(=O)C1=C(N)n2ncc(-c3ccc(-c4ccc(F)cc4)nc3)c2NC1. The third-order valence-corrected chi connectivity index (χ3v) is 8.54. The molecule has 3 fully saturated rings. The highest BCUT2D eigenvalue weighted by Crippen LogP contribution is 2.40. The molecule has 2 bridgehead atoms. The molecule has 1 unspecified atom stereocenters. The Hall–Kier alpha value is -3.93. The Morgan fingerprint density at radius 1 is 1.05 bits per heavy atom. The first-order valence-corrected chi connectivity index (χ1v) is 14.2. The lowest BCUT2D eigenvalue weighted by atomic mass is 9.74. The lowest BCUT2D eigenvalue weighted by molar-refractivity contribution is -0.00775. The van der Waals surface area contributed by atoms with Gasteiger partial charge in [-0.15, -0.1) is 0 Å². The van der Waals surface area contributed by atoms with Crippen LogP contribution in [0.1, 0.15) is 26.2 Å². The molecule has 1 aliphatic carbocycles.